The summed E-state index contributed by atoms with van der Waals surface area (Å²) in [6.45, 7) is 2.43. The monoisotopic (exact) mass is 515 g/mol. The van der Waals surface area contributed by atoms with Crippen LogP contribution in [0.4, 0.5) is 5.82 Å². The van der Waals surface area contributed by atoms with Gasteiger partial charge in [-0.25, -0.2) is 14.5 Å². The second-order valence-corrected chi connectivity index (χ2v) is 8.88. The molecule has 5 heterocycles. The van der Waals surface area contributed by atoms with Crippen LogP contribution in [0.15, 0.2) is 66.3 Å². The molecule has 1 fully saturated rings. The lowest BCUT2D eigenvalue weighted by molar-refractivity contribution is 0.0746. The molecule has 1 saturated heterocycles. The van der Waals surface area contributed by atoms with Gasteiger partial charge in [-0.1, -0.05) is 5.92 Å². The van der Waals surface area contributed by atoms with Crippen molar-refractivity contribution in [2.75, 3.05) is 38.1 Å². The van der Waals surface area contributed by atoms with Gasteiger partial charge in [0.1, 0.15) is 17.6 Å². The summed E-state index contributed by atoms with van der Waals surface area (Å²) in [4.78, 5) is 29.7. The fourth-order valence-electron chi connectivity index (χ4n) is 4.59. The highest BCUT2D eigenvalue weighted by Crippen LogP contribution is 2.30. The second kappa shape index (κ2) is 10.9. The molecule has 0 unspecified atom stereocenters. The van der Waals surface area contributed by atoms with Crippen LogP contribution in [0.2, 0.25) is 0 Å². The van der Waals surface area contributed by atoms with Crippen LogP contribution in [0, 0.1) is 23.7 Å². The molecule has 1 aliphatic rings. The highest BCUT2D eigenvalue weighted by atomic mass is 16.2. The van der Waals surface area contributed by atoms with E-state index in [-0.39, 0.29) is 5.91 Å². The van der Waals surface area contributed by atoms with E-state index in [1.165, 1.54) is 12.4 Å². The van der Waals surface area contributed by atoms with Gasteiger partial charge in [-0.15, -0.1) is 6.42 Å². The maximum atomic E-state index is 12.9. The van der Waals surface area contributed by atoms with Crippen molar-refractivity contribution in [2.24, 2.45) is 10.7 Å². The van der Waals surface area contributed by atoms with Crippen molar-refractivity contribution in [3.05, 3.63) is 83.7 Å². The predicted molar refractivity (Wildman–Crippen MR) is 150 cm³/mol. The van der Waals surface area contributed by atoms with Crippen LogP contribution >= 0.6 is 0 Å². The molecule has 0 aliphatic carbocycles. The van der Waals surface area contributed by atoms with Gasteiger partial charge in [0.15, 0.2) is 0 Å². The molecule has 4 aromatic heterocycles. The lowest BCUT2D eigenvalue weighted by atomic mass is 10.0. The Morgan fingerprint density at radius 3 is 2.54 bits per heavy atom. The van der Waals surface area contributed by atoms with E-state index in [9.17, 15) is 10.1 Å². The zero-order valence-electron chi connectivity index (χ0n) is 21.3. The number of anilines is 1. The minimum absolute atomic E-state index is 0.0638. The Labute approximate surface area is 225 Å². The first-order valence-electron chi connectivity index (χ1n) is 12.3. The number of aromatic nitrogens is 4. The molecular weight excluding hydrogens is 490 g/mol. The number of nitrogens with two attached hydrogens (primary N) is 1. The molecule has 1 amide bonds. The molecule has 39 heavy (non-hydrogen) atoms. The van der Waals surface area contributed by atoms with Gasteiger partial charge in [0.2, 0.25) is 0 Å². The predicted octanol–water partition coefficient (Wildman–Crippen LogP) is 2.61. The largest absolute Gasteiger partial charge is 0.404 e. The third-order valence-electron chi connectivity index (χ3n) is 6.62. The van der Waals surface area contributed by atoms with Crippen molar-refractivity contribution >= 4 is 29.0 Å². The second-order valence-electron chi connectivity index (χ2n) is 8.88. The van der Waals surface area contributed by atoms with E-state index in [0.717, 1.165) is 28.1 Å². The van der Waals surface area contributed by atoms with E-state index in [1.54, 1.807) is 42.3 Å². The summed E-state index contributed by atoms with van der Waals surface area (Å²) in [7, 11) is 1.68. The molecule has 5 rings (SSSR count). The Balaban J connectivity index is 1.36. The molecule has 0 bridgehead atoms. The number of piperazine rings is 1. The number of nitriles is 1. The van der Waals surface area contributed by atoms with Gasteiger partial charge >= 0.3 is 0 Å². The Bertz CT molecular complexity index is 1660. The highest BCUT2D eigenvalue weighted by Gasteiger charge is 2.23. The normalized spacial score (nSPS) is 14.0. The molecule has 10 heteroatoms. The van der Waals surface area contributed by atoms with E-state index >= 15 is 0 Å². The lowest BCUT2D eigenvalue weighted by Crippen LogP contribution is -2.49. The number of nitrogens with zero attached hydrogens (tertiary/aromatic N) is 8. The van der Waals surface area contributed by atoms with Gasteiger partial charge in [0.25, 0.3) is 5.91 Å². The van der Waals surface area contributed by atoms with Gasteiger partial charge in [0, 0.05) is 86.5 Å². The van der Waals surface area contributed by atoms with Gasteiger partial charge in [0.05, 0.1) is 22.8 Å². The average Bonchev–Trinajstić information content (AvgIpc) is 3.42. The van der Waals surface area contributed by atoms with Gasteiger partial charge in [-0.2, -0.15) is 10.4 Å². The fraction of sp³-hybridized carbons (Fsp3) is 0.172. The summed E-state index contributed by atoms with van der Waals surface area (Å²) in [6, 6.07) is 11.5. The van der Waals surface area contributed by atoms with Gasteiger partial charge < -0.3 is 15.5 Å². The highest BCUT2D eigenvalue weighted by molar-refractivity contribution is 6.10. The van der Waals surface area contributed by atoms with E-state index in [2.05, 4.69) is 32.0 Å². The number of pyridine rings is 3. The number of carbonyl (C=O) groups excluding carboxylic acids is 1. The maximum absolute atomic E-state index is 12.9. The Morgan fingerprint density at radius 2 is 1.92 bits per heavy atom. The molecule has 1 aliphatic heterocycles. The number of aliphatic imine (C=N–C) groups is 1. The van der Waals surface area contributed by atoms with Crippen molar-refractivity contribution in [1.82, 2.24) is 24.5 Å². The van der Waals surface area contributed by atoms with Crippen molar-refractivity contribution in [1.29, 1.82) is 5.26 Å². The quantitative estimate of drug-likeness (QED) is 0.320. The SMILES string of the molecule is C#Cc1ccc(C(=O)N2CCN(c3ccc(-c4cc(C(C=NC)=CN)cn5ncc(C#N)c45)cn3)CC2)cn1. The number of carbonyl (C=O) groups is 1. The van der Waals surface area contributed by atoms with Crippen LogP contribution in [0.25, 0.3) is 22.2 Å². The molecule has 0 radical (unpaired) electrons. The molecule has 0 aromatic carbocycles. The number of hydrogen-bond donors (Lipinski definition) is 1. The number of rotatable bonds is 5. The summed E-state index contributed by atoms with van der Waals surface area (Å²) < 4.78 is 1.68. The van der Waals surface area contributed by atoms with Crippen molar-refractivity contribution in [3.8, 4) is 29.5 Å². The topological polar surface area (TPSA) is 129 Å². The number of allylic oxidation sites excluding steroid dienone is 1. The van der Waals surface area contributed by atoms with Crippen LogP contribution in [-0.4, -0.2) is 69.8 Å². The first-order valence-corrected chi connectivity index (χ1v) is 12.3. The van der Waals surface area contributed by atoms with Crippen molar-refractivity contribution in [2.45, 2.75) is 0 Å². The Morgan fingerprint density at radius 1 is 1.10 bits per heavy atom. The van der Waals surface area contributed by atoms with Crippen LogP contribution < -0.4 is 10.6 Å². The molecule has 0 saturated carbocycles. The number of amides is 1. The van der Waals surface area contributed by atoms with Crippen LogP contribution in [0.1, 0.15) is 27.2 Å². The zero-order chi connectivity index (χ0) is 27.4. The third-order valence-corrected chi connectivity index (χ3v) is 6.62. The molecule has 0 atom stereocenters. The van der Waals surface area contributed by atoms with E-state index in [0.29, 0.717) is 48.5 Å². The Hall–Kier alpha value is -5.48. The molecule has 0 spiro atoms. The lowest BCUT2D eigenvalue weighted by Gasteiger charge is -2.35. The van der Waals surface area contributed by atoms with Gasteiger partial charge in [-0.3, -0.25) is 9.79 Å². The number of fused-ring (bicyclic) bond motifs is 1. The van der Waals surface area contributed by atoms with E-state index < -0.39 is 0 Å². The summed E-state index contributed by atoms with van der Waals surface area (Å²) >= 11 is 0. The Kier molecular flexibility index (Phi) is 7.02. The summed E-state index contributed by atoms with van der Waals surface area (Å²) in [5, 5.41) is 14.0. The maximum Gasteiger partial charge on any atom is 0.255 e. The van der Waals surface area contributed by atoms with Crippen molar-refractivity contribution < 1.29 is 4.79 Å². The van der Waals surface area contributed by atoms with E-state index in [4.69, 9.17) is 17.1 Å². The molecule has 2 N–H and O–H groups in total. The molecule has 10 nitrogen and oxygen atoms in total. The smallest absolute Gasteiger partial charge is 0.255 e. The van der Waals surface area contributed by atoms with Crippen LogP contribution in [0.5, 0.6) is 0 Å². The molecule has 4 aromatic rings. The third kappa shape index (κ3) is 4.91. The van der Waals surface area contributed by atoms with Crippen molar-refractivity contribution in [3.63, 3.8) is 0 Å². The molecular formula is C29H25N9O. The van der Waals surface area contributed by atoms with Gasteiger partial charge in [-0.05, 0) is 30.3 Å². The fourth-order valence-corrected chi connectivity index (χ4v) is 4.59. The summed E-state index contributed by atoms with van der Waals surface area (Å²) in [6.07, 6.45) is 15.2. The first kappa shape index (κ1) is 25.2. The minimum Gasteiger partial charge on any atom is -0.404 e. The van der Waals surface area contributed by atoms with E-state index in [1.807, 2.05) is 29.3 Å². The first-order chi connectivity index (χ1) is 19.1. The van der Waals surface area contributed by atoms with Crippen LogP contribution in [-0.2, 0) is 0 Å². The number of terminal acetylenes is 1. The van der Waals surface area contributed by atoms with Crippen LogP contribution in [0.3, 0.4) is 0 Å². The summed E-state index contributed by atoms with van der Waals surface area (Å²) in [5.41, 5.74) is 11.2. The standard InChI is InChI=1S/C29H25N9O/c1-3-25-6-4-21(17-33-25)29(39)37-10-8-36(9-11-37)27-7-5-20(16-34-27)26-12-22(23(13-30)15-32-2)19-38-28(26)24(14-31)18-35-38/h1,4-7,12-13,15-19H,8-11,30H2,2H3. The molecule has 192 valence electrons. The minimum atomic E-state index is -0.0638. The number of hydrogen-bond acceptors (Lipinski definition) is 8. The zero-order valence-corrected chi connectivity index (χ0v) is 21.3. The summed E-state index contributed by atoms with van der Waals surface area (Å²) in [5.74, 6) is 3.21. The average molecular weight is 516 g/mol.